The summed E-state index contributed by atoms with van der Waals surface area (Å²) in [7, 11) is 1.77. The van der Waals surface area contributed by atoms with E-state index in [1.165, 1.54) is 11.3 Å². The molecule has 0 atom stereocenters. The molecule has 0 aliphatic rings. The molecule has 0 aromatic carbocycles. The lowest BCUT2D eigenvalue weighted by molar-refractivity contribution is 0.0779. The van der Waals surface area contributed by atoms with Crippen LogP contribution in [0.1, 0.15) is 31.9 Å². The van der Waals surface area contributed by atoms with Crippen molar-refractivity contribution in [3.05, 3.63) is 39.2 Å². The number of furan rings is 1. The van der Waals surface area contributed by atoms with Gasteiger partial charge in [0.25, 0.3) is 5.91 Å². The Morgan fingerprint density at radius 1 is 1.39 bits per heavy atom. The number of hydrogen-bond acceptors (Lipinski definition) is 4. The van der Waals surface area contributed by atoms with Gasteiger partial charge in [-0.15, -0.1) is 11.3 Å². The molecule has 4 nitrogen and oxygen atoms in total. The summed E-state index contributed by atoms with van der Waals surface area (Å²) in [5.74, 6) is 1.64. The molecule has 2 heterocycles. The van der Waals surface area contributed by atoms with Gasteiger partial charge in [0.15, 0.2) is 0 Å². The van der Waals surface area contributed by atoms with E-state index in [2.05, 4.69) is 4.98 Å². The van der Waals surface area contributed by atoms with Gasteiger partial charge < -0.3 is 9.32 Å². The first-order valence-corrected chi connectivity index (χ1v) is 6.54. The topological polar surface area (TPSA) is 46.3 Å². The summed E-state index contributed by atoms with van der Waals surface area (Å²) in [5.41, 5.74) is 0.796. The molecule has 0 bridgehead atoms. The first-order chi connectivity index (χ1) is 8.47. The molecular weight excluding hydrogens is 248 g/mol. The molecule has 0 radical (unpaired) electrons. The van der Waals surface area contributed by atoms with Crippen molar-refractivity contribution in [2.24, 2.45) is 0 Å². The third-order valence-corrected chi connectivity index (χ3v) is 3.69. The summed E-state index contributed by atoms with van der Waals surface area (Å²) in [4.78, 5) is 18.9. The van der Waals surface area contributed by atoms with E-state index in [0.717, 1.165) is 22.2 Å². The van der Waals surface area contributed by atoms with E-state index in [-0.39, 0.29) is 5.91 Å². The molecule has 2 aromatic heterocycles. The molecule has 0 saturated heterocycles. The van der Waals surface area contributed by atoms with Gasteiger partial charge in [0.1, 0.15) is 16.4 Å². The molecule has 18 heavy (non-hydrogen) atoms. The third kappa shape index (κ3) is 2.61. The zero-order valence-corrected chi connectivity index (χ0v) is 11.8. The maximum Gasteiger partial charge on any atom is 0.266 e. The van der Waals surface area contributed by atoms with E-state index < -0.39 is 0 Å². The van der Waals surface area contributed by atoms with E-state index >= 15 is 0 Å². The van der Waals surface area contributed by atoms with Crippen LogP contribution in [0.2, 0.25) is 0 Å². The van der Waals surface area contributed by atoms with E-state index in [1.54, 1.807) is 11.9 Å². The van der Waals surface area contributed by atoms with Crippen LogP contribution < -0.4 is 0 Å². The highest BCUT2D eigenvalue weighted by Gasteiger charge is 2.18. The molecule has 0 fully saturated rings. The summed E-state index contributed by atoms with van der Waals surface area (Å²) in [6, 6.07) is 3.79. The maximum atomic E-state index is 12.2. The molecular formula is C13H16N2O2S. The first-order valence-electron chi connectivity index (χ1n) is 5.72. The molecule has 0 spiro atoms. The van der Waals surface area contributed by atoms with Crippen LogP contribution in [-0.4, -0.2) is 22.8 Å². The maximum absolute atomic E-state index is 12.2. The van der Waals surface area contributed by atoms with Gasteiger partial charge in [0, 0.05) is 7.05 Å². The second-order valence-corrected chi connectivity index (χ2v) is 5.52. The van der Waals surface area contributed by atoms with Crippen LogP contribution in [0.25, 0.3) is 0 Å². The van der Waals surface area contributed by atoms with Crippen molar-refractivity contribution in [3.8, 4) is 0 Å². The number of rotatable bonds is 3. The number of hydrogen-bond donors (Lipinski definition) is 0. The average molecular weight is 264 g/mol. The van der Waals surface area contributed by atoms with Crippen LogP contribution in [0.5, 0.6) is 0 Å². The van der Waals surface area contributed by atoms with Crippen LogP contribution >= 0.6 is 11.3 Å². The minimum absolute atomic E-state index is 0.00727. The quantitative estimate of drug-likeness (QED) is 0.856. The van der Waals surface area contributed by atoms with Crippen molar-refractivity contribution in [2.75, 3.05) is 7.05 Å². The van der Waals surface area contributed by atoms with Crippen molar-refractivity contribution >= 4 is 17.2 Å². The molecule has 1 amide bonds. The van der Waals surface area contributed by atoms with Gasteiger partial charge >= 0.3 is 0 Å². The Bertz CT molecular complexity index is 571. The number of aromatic nitrogens is 1. The Kier molecular flexibility index (Phi) is 3.52. The highest BCUT2D eigenvalue weighted by molar-refractivity contribution is 7.13. The van der Waals surface area contributed by atoms with Gasteiger partial charge in [-0.05, 0) is 32.9 Å². The Morgan fingerprint density at radius 2 is 2.11 bits per heavy atom. The van der Waals surface area contributed by atoms with Crippen molar-refractivity contribution in [1.82, 2.24) is 9.88 Å². The van der Waals surface area contributed by atoms with E-state index in [0.29, 0.717) is 11.4 Å². The number of nitrogens with zero attached hydrogens (tertiary/aromatic N) is 2. The Balaban J connectivity index is 2.11. The largest absolute Gasteiger partial charge is 0.464 e. The standard InChI is InChI=1S/C13H16N2O2S/c1-8-5-6-11(17-8)7-15(4)13(16)12-9(2)14-10(3)18-12/h5-6H,7H2,1-4H3. The minimum Gasteiger partial charge on any atom is -0.464 e. The number of amides is 1. The van der Waals surface area contributed by atoms with Gasteiger partial charge in [-0.3, -0.25) is 4.79 Å². The lowest BCUT2D eigenvalue weighted by Crippen LogP contribution is -2.25. The van der Waals surface area contributed by atoms with Crippen LogP contribution in [0.3, 0.4) is 0 Å². The monoisotopic (exact) mass is 264 g/mol. The number of carbonyl (C=O) groups is 1. The molecule has 5 heteroatoms. The average Bonchev–Trinajstić information content (AvgIpc) is 2.84. The molecule has 0 aliphatic heterocycles. The lowest BCUT2D eigenvalue weighted by Gasteiger charge is -2.14. The first kappa shape index (κ1) is 12.8. The predicted molar refractivity (Wildman–Crippen MR) is 70.8 cm³/mol. The molecule has 2 rings (SSSR count). The van der Waals surface area contributed by atoms with Crippen LogP contribution in [0.4, 0.5) is 0 Å². The fourth-order valence-electron chi connectivity index (χ4n) is 1.78. The summed E-state index contributed by atoms with van der Waals surface area (Å²) < 4.78 is 5.47. The molecule has 2 aromatic rings. The van der Waals surface area contributed by atoms with E-state index in [1.807, 2.05) is 32.9 Å². The van der Waals surface area contributed by atoms with Gasteiger partial charge in [-0.25, -0.2) is 4.98 Å². The van der Waals surface area contributed by atoms with Gasteiger partial charge in [0.05, 0.1) is 17.2 Å². The van der Waals surface area contributed by atoms with Gasteiger partial charge in [-0.1, -0.05) is 0 Å². The van der Waals surface area contributed by atoms with Crippen molar-refractivity contribution < 1.29 is 9.21 Å². The number of carbonyl (C=O) groups excluding carboxylic acids is 1. The van der Waals surface area contributed by atoms with Gasteiger partial charge in [-0.2, -0.15) is 0 Å². The van der Waals surface area contributed by atoms with Crippen LogP contribution in [0, 0.1) is 20.8 Å². The number of thiazole rings is 1. The van der Waals surface area contributed by atoms with E-state index in [9.17, 15) is 4.79 Å². The molecule has 96 valence electrons. The summed E-state index contributed by atoms with van der Waals surface area (Å²) in [5, 5.41) is 0.915. The highest BCUT2D eigenvalue weighted by atomic mass is 32.1. The SMILES string of the molecule is Cc1ccc(CN(C)C(=O)c2sc(C)nc2C)o1. The predicted octanol–water partition coefficient (Wildman–Crippen LogP) is 2.93. The smallest absolute Gasteiger partial charge is 0.266 e. The Labute approximate surface area is 110 Å². The minimum atomic E-state index is -0.00727. The molecule has 0 N–H and O–H groups in total. The highest BCUT2D eigenvalue weighted by Crippen LogP contribution is 2.20. The fourth-order valence-corrected chi connectivity index (χ4v) is 2.69. The van der Waals surface area contributed by atoms with E-state index in [4.69, 9.17) is 4.42 Å². The summed E-state index contributed by atoms with van der Waals surface area (Å²) in [6.07, 6.45) is 0. The molecule has 0 unspecified atom stereocenters. The van der Waals surface area contributed by atoms with Crippen molar-refractivity contribution in [2.45, 2.75) is 27.3 Å². The molecule has 0 saturated carbocycles. The third-order valence-electron chi connectivity index (χ3n) is 2.63. The van der Waals surface area contributed by atoms with Crippen molar-refractivity contribution in [3.63, 3.8) is 0 Å². The van der Waals surface area contributed by atoms with Crippen LogP contribution in [0.15, 0.2) is 16.5 Å². The second-order valence-electron chi connectivity index (χ2n) is 4.32. The normalized spacial score (nSPS) is 10.7. The summed E-state index contributed by atoms with van der Waals surface area (Å²) in [6.45, 7) is 6.14. The zero-order valence-electron chi connectivity index (χ0n) is 11.0. The van der Waals surface area contributed by atoms with Gasteiger partial charge in [0.2, 0.25) is 0 Å². The Morgan fingerprint density at radius 3 is 2.61 bits per heavy atom. The van der Waals surface area contributed by atoms with Crippen LogP contribution in [-0.2, 0) is 6.54 Å². The molecule has 0 aliphatic carbocycles. The Hall–Kier alpha value is -1.62. The lowest BCUT2D eigenvalue weighted by atomic mass is 10.3. The summed E-state index contributed by atoms with van der Waals surface area (Å²) >= 11 is 1.43. The van der Waals surface area contributed by atoms with Crippen molar-refractivity contribution in [1.29, 1.82) is 0 Å². The second kappa shape index (κ2) is 4.94. The number of aryl methyl sites for hydroxylation is 3. The zero-order chi connectivity index (χ0) is 13.3. The fraction of sp³-hybridized carbons (Fsp3) is 0.385.